The van der Waals surface area contributed by atoms with E-state index in [9.17, 15) is 14.4 Å². The number of thiazole rings is 1. The highest BCUT2D eigenvalue weighted by molar-refractivity contribution is 9.11. The summed E-state index contributed by atoms with van der Waals surface area (Å²) in [4.78, 5) is 40.8. The number of carbonyl (C=O) groups excluding carboxylic acids is 2. The van der Waals surface area contributed by atoms with Crippen LogP contribution in [-0.4, -0.2) is 21.2 Å². The van der Waals surface area contributed by atoms with Gasteiger partial charge in [0.25, 0.3) is 17.4 Å². The van der Waals surface area contributed by atoms with Crippen molar-refractivity contribution in [3.05, 3.63) is 54.5 Å². The molecule has 3 heterocycles. The van der Waals surface area contributed by atoms with E-state index in [1.165, 1.54) is 39.5 Å². The number of nitrogens with zero attached hydrogens (tertiary/aromatic N) is 2. The van der Waals surface area contributed by atoms with Crippen LogP contribution in [0.3, 0.4) is 0 Å². The first-order chi connectivity index (χ1) is 10.6. The number of rotatable bonds is 2. The first-order valence-electron chi connectivity index (χ1n) is 5.87. The zero-order valence-corrected chi connectivity index (χ0v) is 13.9. The smallest absolute Gasteiger partial charge is 0.268 e. The van der Waals surface area contributed by atoms with Crippen molar-refractivity contribution in [3.8, 4) is 0 Å². The Bertz CT molecular complexity index is 930. The van der Waals surface area contributed by atoms with E-state index in [4.69, 9.17) is 0 Å². The number of nitrogens with one attached hydrogen (secondary N) is 2. The quantitative estimate of drug-likeness (QED) is 0.641. The summed E-state index contributed by atoms with van der Waals surface area (Å²) in [5.74, 6) is -1.18. The molecule has 3 aromatic heterocycles. The zero-order chi connectivity index (χ0) is 15.7. The van der Waals surface area contributed by atoms with Crippen LogP contribution in [0.2, 0.25) is 0 Å². The minimum atomic E-state index is -0.720. The van der Waals surface area contributed by atoms with Crippen LogP contribution in [0.25, 0.3) is 4.96 Å². The van der Waals surface area contributed by atoms with Crippen LogP contribution in [0.5, 0.6) is 0 Å². The molecule has 7 nitrogen and oxygen atoms in total. The van der Waals surface area contributed by atoms with E-state index >= 15 is 0 Å². The van der Waals surface area contributed by atoms with Crippen LogP contribution < -0.4 is 16.4 Å². The Hall–Kier alpha value is -2.04. The summed E-state index contributed by atoms with van der Waals surface area (Å²) in [7, 11) is 0. The molecule has 3 rings (SSSR count). The van der Waals surface area contributed by atoms with Crippen LogP contribution >= 0.6 is 38.6 Å². The third kappa shape index (κ3) is 2.80. The molecule has 0 radical (unpaired) electrons. The topological polar surface area (TPSA) is 92.6 Å². The lowest BCUT2D eigenvalue weighted by Crippen LogP contribution is -2.43. The number of thiophene rings is 1. The van der Waals surface area contributed by atoms with Crippen molar-refractivity contribution in [3.63, 3.8) is 0 Å². The lowest BCUT2D eigenvalue weighted by Gasteiger charge is -2.05. The molecule has 0 aliphatic rings. The lowest BCUT2D eigenvalue weighted by atomic mass is 10.3. The van der Waals surface area contributed by atoms with Gasteiger partial charge in [0.2, 0.25) is 0 Å². The van der Waals surface area contributed by atoms with Gasteiger partial charge in [0, 0.05) is 17.8 Å². The van der Waals surface area contributed by atoms with Gasteiger partial charge in [-0.3, -0.25) is 29.6 Å². The van der Waals surface area contributed by atoms with Gasteiger partial charge in [-0.1, -0.05) is 0 Å². The van der Waals surface area contributed by atoms with Crippen molar-refractivity contribution < 1.29 is 9.59 Å². The van der Waals surface area contributed by atoms with Crippen molar-refractivity contribution in [1.29, 1.82) is 0 Å². The van der Waals surface area contributed by atoms with Crippen molar-refractivity contribution >= 4 is 55.4 Å². The molecule has 0 unspecified atom stereocenters. The molecule has 0 bridgehead atoms. The van der Waals surface area contributed by atoms with Crippen molar-refractivity contribution in [1.82, 2.24) is 20.2 Å². The van der Waals surface area contributed by atoms with Gasteiger partial charge in [-0.05, 0) is 28.1 Å². The highest BCUT2D eigenvalue weighted by Crippen LogP contribution is 2.21. The molecule has 0 aliphatic heterocycles. The Morgan fingerprint density at radius 1 is 1.23 bits per heavy atom. The molecule has 22 heavy (non-hydrogen) atoms. The second kappa shape index (κ2) is 5.99. The summed E-state index contributed by atoms with van der Waals surface area (Å²) in [5, 5.41) is 1.70. The molecular weight excluding hydrogens is 392 g/mol. The van der Waals surface area contributed by atoms with Crippen molar-refractivity contribution in [2.24, 2.45) is 0 Å². The predicted octanol–water partition coefficient (Wildman–Crippen LogP) is 1.65. The second-order valence-electron chi connectivity index (χ2n) is 4.04. The van der Waals surface area contributed by atoms with E-state index < -0.39 is 17.4 Å². The Morgan fingerprint density at radius 2 is 2.00 bits per heavy atom. The summed E-state index contributed by atoms with van der Waals surface area (Å²) < 4.78 is 2.08. The fourth-order valence-electron chi connectivity index (χ4n) is 1.66. The number of fused-ring (bicyclic) bond motifs is 1. The van der Waals surface area contributed by atoms with Gasteiger partial charge >= 0.3 is 0 Å². The van der Waals surface area contributed by atoms with E-state index in [1.807, 2.05) is 0 Å². The number of hydrogen-bond acceptors (Lipinski definition) is 6. The van der Waals surface area contributed by atoms with Crippen LogP contribution in [-0.2, 0) is 0 Å². The normalized spacial score (nSPS) is 10.6. The molecule has 0 fully saturated rings. The predicted molar refractivity (Wildman–Crippen MR) is 86.3 cm³/mol. The first-order valence-corrected chi connectivity index (χ1v) is 8.36. The van der Waals surface area contributed by atoms with E-state index in [2.05, 4.69) is 31.8 Å². The Morgan fingerprint density at radius 3 is 2.73 bits per heavy atom. The van der Waals surface area contributed by atoms with Crippen molar-refractivity contribution in [2.75, 3.05) is 0 Å². The summed E-state index contributed by atoms with van der Waals surface area (Å²) in [6.07, 6.45) is 2.73. The van der Waals surface area contributed by atoms with Gasteiger partial charge in [0.1, 0.15) is 5.56 Å². The molecule has 0 saturated carbocycles. The fraction of sp³-hybridized carbons (Fsp3) is 0. The lowest BCUT2D eigenvalue weighted by molar-refractivity contribution is 0.0847. The molecule has 3 aromatic rings. The molecule has 2 amide bonds. The first kappa shape index (κ1) is 14.9. The SMILES string of the molecule is O=C(NNC(=O)c1cnc2sccn2c1=O)c1ccc(Br)s1. The maximum atomic E-state index is 12.1. The van der Waals surface area contributed by atoms with Crippen LogP contribution in [0, 0.1) is 0 Å². The molecule has 2 N–H and O–H groups in total. The average molecular weight is 399 g/mol. The molecule has 0 spiro atoms. The highest BCUT2D eigenvalue weighted by atomic mass is 79.9. The van der Waals surface area contributed by atoms with Crippen molar-refractivity contribution in [2.45, 2.75) is 0 Å². The van der Waals surface area contributed by atoms with Gasteiger partial charge < -0.3 is 0 Å². The number of hydrazine groups is 1. The number of amides is 2. The van der Waals surface area contributed by atoms with Gasteiger partial charge in [-0.15, -0.1) is 22.7 Å². The van der Waals surface area contributed by atoms with Gasteiger partial charge in [-0.25, -0.2) is 4.98 Å². The van der Waals surface area contributed by atoms with E-state index in [0.29, 0.717) is 9.84 Å². The molecule has 10 heteroatoms. The number of hydrogen-bond donors (Lipinski definition) is 2. The second-order valence-corrected chi connectivity index (χ2v) is 7.38. The third-order valence-electron chi connectivity index (χ3n) is 2.67. The molecule has 0 aromatic carbocycles. The third-order valence-corrected chi connectivity index (χ3v) is 5.07. The van der Waals surface area contributed by atoms with Gasteiger partial charge in [0.15, 0.2) is 4.96 Å². The molecule has 0 saturated heterocycles. The van der Waals surface area contributed by atoms with E-state index in [-0.39, 0.29) is 5.56 Å². The van der Waals surface area contributed by atoms with Crippen LogP contribution in [0.1, 0.15) is 20.0 Å². The standard InChI is InChI=1S/C12H7BrN4O3S2/c13-8-2-1-7(22-8)10(19)16-15-9(18)6-5-14-12-17(11(6)20)3-4-21-12/h1-5H,(H,15,18)(H,16,19). The molecule has 0 aliphatic carbocycles. The summed E-state index contributed by atoms with van der Waals surface area (Å²) >= 11 is 5.76. The number of aromatic nitrogens is 2. The van der Waals surface area contributed by atoms with E-state index in [1.54, 1.807) is 17.5 Å². The Balaban J connectivity index is 1.75. The minimum absolute atomic E-state index is 0.149. The maximum Gasteiger partial charge on any atom is 0.279 e. The number of halogens is 1. The Kier molecular flexibility index (Phi) is 4.05. The zero-order valence-electron chi connectivity index (χ0n) is 10.7. The molecule has 112 valence electrons. The van der Waals surface area contributed by atoms with E-state index in [0.717, 1.165) is 3.79 Å². The largest absolute Gasteiger partial charge is 0.279 e. The van der Waals surface area contributed by atoms with Crippen LogP contribution in [0.15, 0.2) is 38.5 Å². The van der Waals surface area contributed by atoms with Gasteiger partial charge in [-0.2, -0.15) is 0 Å². The minimum Gasteiger partial charge on any atom is -0.268 e. The monoisotopic (exact) mass is 398 g/mol. The maximum absolute atomic E-state index is 12.1. The van der Waals surface area contributed by atoms with Crippen LogP contribution in [0.4, 0.5) is 0 Å². The molecule has 0 atom stereocenters. The summed E-state index contributed by atoms with van der Waals surface area (Å²) in [6.45, 7) is 0. The molecular formula is C12H7BrN4O3S2. The Labute approximate surface area is 139 Å². The highest BCUT2D eigenvalue weighted by Gasteiger charge is 2.15. The fourth-order valence-corrected chi connectivity index (χ4v) is 3.62. The summed E-state index contributed by atoms with van der Waals surface area (Å²) in [5.41, 5.74) is 3.83. The van der Waals surface area contributed by atoms with Gasteiger partial charge in [0.05, 0.1) is 8.66 Å². The summed E-state index contributed by atoms with van der Waals surface area (Å²) in [6, 6.07) is 3.34. The number of carbonyl (C=O) groups is 2. The average Bonchev–Trinajstić information content (AvgIpc) is 3.14.